The van der Waals surface area contributed by atoms with Gasteiger partial charge in [0.1, 0.15) is 0 Å². The molecule has 0 aliphatic heterocycles. The van der Waals surface area contributed by atoms with Crippen molar-refractivity contribution in [1.82, 2.24) is 0 Å². The van der Waals surface area contributed by atoms with Crippen LogP contribution in [0.15, 0.2) is 98.1 Å². The molecule has 0 radical (unpaired) electrons. The van der Waals surface area contributed by atoms with Gasteiger partial charge in [0.05, 0.1) is 1.37 Å². The lowest BCUT2D eigenvalue weighted by molar-refractivity contribution is 1.30. The van der Waals surface area contributed by atoms with Gasteiger partial charge < -0.3 is 4.90 Å². The van der Waals surface area contributed by atoms with Crippen molar-refractivity contribution >= 4 is 17.1 Å². The molecule has 0 aromatic heterocycles. The maximum Gasteiger partial charge on any atom is 0.0560 e. The van der Waals surface area contributed by atoms with Crippen LogP contribution in [0.5, 0.6) is 0 Å². The third kappa shape index (κ3) is 3.31. The lowest BCUT2D eigenvalue weighted by Crippen LogP contribution is -2.18. The first-order chi connectivity index (χ1) is 12.2. The summed E-state index contributed by atoms with van der Waals surface area (Å²) in [6.45, 7) is 7.78. The van der Waals surface area contributed by atoms with E-state index in [9.17, 15) is 0 Å². The summed E-state index contributed by atoms with van der Waals surface area (Å²) in [6.07, 6.45) is 0. The molecule has 3 aromatic rings. The average molecular weight is 313 g/mol. The van der Waals surface area contributed by atoms with E-state index in [1.165, 1.54) is 12.1 Å². The molecule has 0 unspecified atom stereocenters. The predicted octanol–water partition coefficient (Wildman–Crippen LogP) is 6.14. The molecule has 3 aromatic carbocycles. The van der Waals surface area contributed by atoms with Gasteiger partial charge >= 0.3 is 0 Å². The van der Waals surface area contributed by atoms with Crippen molar-refractivity contribution in [3.05, 3.63) is 115 Å². The van der Waals surface area contributed by atoms with Crippen molar-refractivity contribution in [2.75, 3.05) is 4.90 Å². The minimum Gasteiger partial charge on any atom is -0.310 e. The second-order valence-corrected chi connectivity index (χ2v) is 5.73. The lowest BCUT2D eigenvalue weighted by Gasteiger charge is -2.29. The van der Waals surface area contributed by atoms with Crippen LogP contribution in [0.2, 0.25) is 0 Å². The Morgan fingerprint density at radius 1 is 0.750 bits per heavy atom. The standard InChI is InChI=1S/C23H21N/c1-18-14-16-23(17-15-18)24(19(2)21-10-6-4-7-11-21)20(3)22-12-8-5-9-13-22/h4-17H,2-3H2,1H3/i2D,3+1. The molecule has 0 fully saturated rings. The summed E-state index contributed by atoms with van der Waals surface area (Å²) >= 11 is 0. The number of hydrogen-bond acceptors (Lipinski definition) is 1. The highest BCUT2D eigenvalue weighted by atomic mass is 15.2. The summed E-state index contributed by atoms with van der Waals surface area (Å²) in [6, 6.07) is 28.3. The van der Waals surface area contributed by atoms with E-state index in [0.29, 0.717) is 0 Å². The number of hydrogen-bond donors (Lipinski definition) is 0. The van der Waals surface area contributed by atoms with Crippen molar-refractivity contribution < 1.29 is 1.37 Å². The lowest BCUT2D eigenvalue weighted by atomic mass is 10.1. The normalized spacial score (nSPS) is 11.7. The van der Waals surface area contributed by atoms with E-state index in [1.807, 2.05) is 65.6 Å². The molecule has 0 N–H and O–H groups in total. The topological polar surface area (TPSA) is 3.24 Å². The van der Waals surface area contributed by atoms with E-state index in [-0.39, 0.29) is 0 Å². The zero-order valence-corrected chi connectivity index (χ0v) is 13.8. The predicted molar refractivity (Wildman–Crippen MR) is 105 cm³/mol. The molecule has 3 rings (SSSR count). The maximum absolute atomic E-state index is 8.03. The molecule has 0 amide bonds. The first kappa shape index (κ1) is 14.5. The molecule has 0 aliphatic rings. The fourth-order valence-corrected chi connectivity index (χ4v) is 2.63. The molecular formula is C23H21N. The molecule has 0 saturated carbocycles. The Balaban J connectivity index is 2.12. The van der Waals surface area contributed by atoms with Crippen LogP contribution < -0.4 is 4.90 Å². The van der Waals surface area contributed by atoms with Gasteiger partial charge in [-0.3, -0.25) is 0 Å². The third-order valence-corrected chi connectivity index (χ3v) is 3.98. The zero-order valence-electron chi connectivity index (χ0n) is 14.8. The van der Waals surface area contributed by atoms with Crippen LogP contribution in [-0.4, -0.2) is 0 Å². The van der Waals surface area contributed by atoms with Crippen molar-refractivity contribution in [3.63, 3.8) is 0 Å². The smallest absolute Gasteiger partial charge is 0.0560 e. The minimum atomic E-state index is 0.790. The summed E-state index contributed by atoms with van der Waals surface area (Å²) in [5, 5.41) is 0. The highest BCUT2D eigenvalue weighted by molar-refractivity contribution is 5.93. The molecule has 0 spiro atoms. The highest BCUT2D eigenvalue weighted by Gasteiger charge is 2.16. The Morgan fingerprint density at radius 2 is 1.25 bits per heavy atom. The minimum absolute atomic E-state index is 0.790. The van der Waals surface area contributed by atoms with Gasteiger partial charge in [0, 0.05) is 17.1 Å². The second-order valence-electron chi connectivity index (χ2n) is 5.73. The van der Waals surface area contributed by atoms with E-state index >= 15 is 0 Å². The number of benzene rings is 3. The zero-order chi connectivity index (χ0) is 17.6. The third-order valence-electron chi connectivity index (χ3n) is 3.98. The van der Waals surface area contributed by atoms with Crippen molar-refractivity contribution in [2.24, 2.45) is 0 Å². The molecule has 1 nitrogen and oxygen atoms in total. The van der Waals surface area contributed by atoms with Gasteiger partial charge in [-0.2, -0.15) is 0 Å². The van der Waals surface area contributed by atoms with E-state index in [4.69, 9.17) is 1.37 Å². The molecule has 118 valence electrons. The maximum atomic E-state index is 8.03. The van der Waals surface area contributed by atoms with Crippen LogP contribution in [0.1, 0.15) is 18.1 Å². The number of nitrogens with zero attached hydrogens (tertiary/aromatic N) is 1. The summed E-state index contributed by atoms with van der Waals surface area (Å²) < 4.78 is 8.03. The van der Waals surface area contributed by atoms with E-state index in [0.717, 1.165) is 28.2 Å². The first-order valence-corrected chi connectivity index (χ1v) is 7.96. The van der Waals surface area contributed by atoms with Gasteiger partial charge in [0.25, 0.3) is 0 Å². The van der Waals surface area contributed by atoms with Crippen molar-refractivity contribution in [3.8, 4) is 0 Å². The molecular weight excluding hydrogens is 291 g/mol. The van der Waals surface area contributed by atoms with Gasteiger partial charge in [-0.1, -0.05) is 91.5 Å². The van der Waals surface area contributed by atoms with E-state index in [2.05, 4.69) is 37.8 Å². The van der Waals surface area contributed by atoms with Crippen LogP contribution in [-0.2, 0) is 0 Å². The van der Waals surface area contributed by atoms with E-state index < -0.39 is 0 Å². The Hall–Kier alpha value is -3.06. The number of anilines is 1. The van der Waals surface area contributed by atoms with Crippen LogP contribution >= 0.6 is 0 Å². The summed E-state index contributed by atoms with van der Waals surface area (Å²) in [5.41, 5.74) is 5.82. The molecule has 1 heteroatoms. The Labute approximate surface area is 145 Å². The van der Waals surface area contributed by atoms with Crippen LogP contribution in [0.4, 0.5) is 5.69 Å². The van der Waals surface area contributed by atoms with Crippen LogP contribution in [0, 0.1) is 6.92 Å². The fraction of sp³-hybridized carbons (Fsp3) is 0.0435. The summed E-state index contributed by atoms with van der Waals surface area (Å²) in [5.74, 6) is 0. The largest absolute Gasteiger partial charge is 0.310 e. The second kappa shape index (κ2) is 7.01. The Morgan fingerprint density at radius 3 is 1.75 bits per heavy atom. The van der Waals surface area contributed by atoms with Gasteiger partial charge in [-0.15, -0.1) is 0 Å². The highest BCUT2D eigenvalue weighted by Crippen LogP contribution is 2.33. The number of aryl methyl sites for hydroxylation is 1. The molecule has 24 heavy (non-hydrogen) atoms. The van der Waals surface area contributed by atoms with Gasteiger partial charge in [-0.25, -0.2) is 0 Å². The Bertz CT molecular complexity index is 865. The summed E-state index contributed by atoms with van der Waals surface area (Å²) in [7, 11) is 0. The average Bonchev–Trinajstić information content (AvgIpc) is 2.68. The SMILES string of the molecule is [2H]C=C(c1ccccc1)N(C(=[13CH2])c1ccccc1)c1ccc(C)cc1. The van der Waals surface area contributed by atoms with Gasteiger partial charge in [0.2, 0.25) is 0 Å². The Kier molecular flexibility index (Phi) is 4.24. The first-order valence-electron chi connectivity index (χ1n) is 8.53. The van der Waals surface area contributed by atoms with Gasteiger partial charge in [-0.05, 0) is 30.2 Å². The van der Waals surface area contributed by atoms with Crippen LogP contribution in [0.3, 0.4) is 0 Å². The quantitative estimate of drug-likeness (QED) is 0.511. The number of rotatable bonds is 5. The molecule has 0 atom stereocenters. The van der Waals surface area contributed by atoms with Crippen LogP contribution in [0.25, 0.3) is 11.4 Å². The van der Waals surface area contributed by atoms with Crippen molar-refractivity contribution in [1.29, 1.82) is 0 Å². The van der Waals surface area contributed by atoms with E-state index in [1.54, 1.807) is 0 Å². The van der Waals surface area contributed by atoms with Gasteiger partial charge in [0.15, 0.2) is 0 Å². The fourth-order valence-electron chi connectivity index (χ4n) is 2.63. The molecule has 0 bridgehead atoms. The van der Waals surface area contributed by atoms with Crippen molar-refractivity contribution in [2.45, 2.75) is 6.92 Å². The monoisotopic (exact) mass is 313 g/mol. The molecule has 0 heterocycles. The summed E-state index contributed by atoms with van der Waals surface area (Å²) in [4.78, 5) is 2.04. The molecule has 0 saturated heterocycles. The molecule has 0 aliphatic carbocycles.